The molecule has 0 aliphatic heterocycles. The summed E-state index contributed by atoms with van der Waals surface area (Å²) in [6, 6.07) is 24.0. The van der Waals surface area contributed by atoms with Crippen molar-refractivity contribution in [3.05, 3.63) is 96.3 Å². The zero-order valence-electron chi connectivity index (χ0n) is 17.3. The zero-order chi connectivity index (χ0) is 20.9. The fraction of sp³-hybridized carbons (Fsp3) is 0.200. The maximum absolute atomic E-state index is 12.9. The maximum Gasteiger partial charge on any atom is 0.241 e. The van der Waals surface area contributed by atoms with Crippen LogP contribution in [0.3, 0.4) is 0 Å². The normalized spacial score (nSPS) is 12.2. The molecule has 0 fully saturated rings. The highest BCUT2D eigenvalue weighted by Crippen LogP contribution is 2.23. The number of anilines is 1. The number of carbonyl (C=O) groups excluding carboxylic acids is 1. The van der Waals surface area contributed by atoms with E-state index in [1.165, 1.54) is 5.56 Å². The molecule has 0 aliphatic carbocycles. The lowest BCUT2D eigenvalue weighted by atomic mass is 10.1. The summed E-state index contributed by atoms with van der Waals surface area (Å²) in [5.41, 5.74) is 3.13. The highest BCUT2D eigenvalue weighted by atomic mass is 16.2. The predicted octanol–water partition coefficient (Wildman–Crippen LogP) is 4.54. The van der Waals surface area contributed by atoms with Gasteiger partial charge in [0.2, 0.25) is 5.91 Å². The van der Waals surface area contributed by atoms with Gasteiger partial charge in [0, 0.05) is 29.4 Å². The minimum Gasteiger partial charge on any atom is -0.324 e. The Morgan fingerprint density at radius 3 is 2.57 bits per heavy atom. The van der Waals surface area contributed by atoms with Gasteiger partial charge in [-0.15, -0.1) is 0 Å². The number of hydrogen-bond donors (Lipinski definition) is 1. The molecule has 30 heavy (non-hydrogen) atoms. The molecule has 5 heteroatoms. The number of hydrogen-bond acceptors (Lipinski definition) is 3. The Morgan fingerprint density at radius 2 is 1.73 bits per heavy atom. The minimum atomic E-state index is -0.276. The Kier molecular flexibility index (Phi) is 5.91. The molecule has 0 radical (unpaired) electrons. The van der Waals surface area contributed by atoms with Crippen LogP contribution < -0.4 is 5.32 Å². The van der Waals surface area contributed by atoms with Crippen LogP contribution in [-0.4, -0.2) is 33.7 Å². The average molecular weight is 399 g/mol. The summed E-state index contributed by atoms with van der Waals surface area (Å²) in [7, 11) is 1.96. The standard InChI is InChI=1S/C25H26N4O/c1-19(25(30)27-24-14-8-12-22-11-6-7-13-23(22)24)28(2)16-21-15-26-29(18-21)17-20-9-4-3-5-10-20/h3-15,18-19H,16-17H2,1-2H3,(H,27,30)/t19-/m1/s1. The molecular formula is C25H26N4O. The number of nitrogens with one attached hydrogen (secondary N) is 1. The van der Waals surface area contributed by atoms with Crippen LogP contribution in [-0.2, 0) is 17.9 Å². The van der Waals surface area contributed by atoms with Crippen molar-refractivity contribution in [2.24, 2.45) is 0 Å². The molecule has 5 nitrogen and oxygen atoms in total. The molecule has 1 aromatic heterocycles. The minimum absolute atomic E-state index is 0.0227. The fourth-order valence-electron chi connectivity index (χ4n) is 3.54. The van der Waals surface area contributed by atoms with Gasteiger partial charge in [0.15, 0.2) is 0 Å². The second kappa shape index (κ2) is 8.93. The summed E-state index contributed by atoms with van der Waals surface area (Å²) in [6.07, 6.45) is 3.91. The first kappa shape index (κ1) is 19.9. The van der Waals surface area contributed by atoms with Crippen molar-refractivity contribution in [3.8, 4) is 0 Å². The van der Waals surface area contributed by atoms with Crippen molar-refractivity contribution in [2.45, 2.75) is 26.1 Å². The van der Waals surface area contributed by atoms with E-state index in [1.807, 2.05) is 96.6 Å². The predicted molar refractivity (Wildman–Crippen MR) is 121 cm³/mol. The third kappa shape index (κ3) is 4.58. The van der Waals surface area contributed by atoms with Crippen molar-refractivity contribution < 1.29 is 4.79 Å². The Morgan fingerprint density at radius 1 is 1.00 bits per heavy atom. The van der Waals surface area contributed by atoms with E-state index in [4.69, 9.17) is 0 Å². The second-order valence-electron chi connectivity index (χ2n) is 7.64. The number of fused-ring (bicyclic) bond motifs is 1. The number of amides is 1. The van der Waals surface area contributed by atoms with E-state index in [9.17, 15) is 4.79 Å². The fourth-order valence-corrected chi connectivity index (χ4v) is 3.54. The first-order valence-corrected chi connectivity index (χ1v) is 10.1. The van der Waals surface area contributed by atoms with Crippen LogP contribution in [0.5, 0.6) is 0 Å². The van der Waals surface area contributed by atoms with Crippen LogP contribution in [0.15, 0.2) is 85.2 Å². The van der Waals surface area contributed by atoms with E-state index in [2.05, 4.69) is 22.5 Å². The summed E-state index contributed by atoms with van der Waals surface area (Å²) >= 11 is 0. The van der Waals surface area contributed by atoms with Crippen LogP contribution in [0, 0.1) is 0 Å². The molecule has 3 aromatic carbocycles. The first-order chi connectivity index (χ1) is 14.6. The van der Waals surface area contributed by atoms with Gasteiger partial charge in [-0.05, 0) is 31.0 Å². The lowest BCUT2D eigenvalue weighted by molar-refractivity contribution is -0.120. The Labute approximate surface area is 176 Å². The monoisotopic (exact) mass is 398 g/mol. The maximum atomic E-state index is 12.9. The summed E-state index contributed by atoms with van der Waals surface area (Å²) in [5, 5.41) is 9.71. The van der Waals surface area contributed by atoms with E-state index in [-0.39, 0.29) is 11.9 Å². The lowest BCUT2D eigenvalue weighted by Gasteiger charge is -2.23. The van der Waals surface area contributed by atoms with E-state index in [1.54, 1.807) is 0 Å². The second-order valence-corrected chi connectivity index (χ2v) is 7.64. The quantitative estimate of drug-likeness (QED) is 0.497. The highest BCUT2D eigenvalue weighted by Gasteiger charge is 2.19. The molecule has 0 aliphatic rings. The van der Waals surface area contributed by atoms with Crippen molar-refractivity contribution in [2.75, 3.05) is 12.4 Å². The average Bonchev–Trinajstić information content (AvgIpc) is 3.20. The van der Waals surface area contributed by atoms with E-state index >= 15 is 0 Å². The zero-order valence-corrected chi connectivity index (χ0v) is 17.3. The van der Waals surface area contributed by atoms with E-state index in [0.29, 0.717) is 6.54 Å². The molecular weight excluding hydrogens is 372 g/mol. The van der Waals surface area contributed by atoms with Gasteiger partial charge in [-0.2, -0.15) is 5.10 Å². The molecule has 0 spiro atoms. The van der Waals surface area contributed by atoms with Gasteiger partial charge in [0.05, 0.1) is 18.8 Å². The summed E-state index contributed by atoms with van der Waals surface area (Å²) in [6.45, 7) is 3.31. The molecule has 0 saturated carbocycles. The van der Waals surface area contributed by atoms with Crippen molar-refractivity contribution in [3.63, 3.8) is 0 Å². The van der Waals surface area contributed by atoms with Crippen LogP contribution in [0.1, 0.15) is 18.1 Å². The van der Waals surface area contributed by atoms with Crippen molar-refractivity contribution >= 4 is 22.4 Å². The molecule has 0 saturated heterocycles. The van der Waals surface area contributed by atoms with Gasteiger partial charge in [-0.1, -0.05) is 66.7 Å². The number of aromatic nitrogens is 2. The molecule has 1 amide bonds. The van der Waals surface area contributed by atoms with Crippen LogP contribution in [0.4, 0.5) is 5.69 Å². The first-order valence-electron chi connectivity index (χ1n) is 10.1. The molecule has 4 aromatic rings. The third-order valence-electron chi connectivity index (χ3n) is 5.39. The van der Waals surface area contributed by atoms with Gasteiger partial charge in [0.1, 0.15) is 0 Å². The SMILES string of the molecule is C[C@H](C(=O)Nc1cccc2ccccc12)N(C)Cc1cnn(Cc2ccccc2)c1. The van der Waals surface area contributed by atoms with E-state index in [0.717, 1.165) is 28.6 Å². The van der Waals surface area contributed by atoms with Crippen LogP contribution in [0.25, 0.3) is 10.8 Å². The molecule has 0 bridgehead atoms. The number of rotatable bonds is 7. The number of benzene rings is 3. The molecule has 1 N–H and O–H groups in total. The molecule has 4 rings (SSSR count). The van der Waals surface area contributed by atoms with Gasteiger partial charge in [-0.25, -0.2) is 0 Å². The van der Waals surface area contributed by atoms with Gasteiger partial charge in [0.25, 0.3) is 0 Å². The molecule has 152 valence electrons. The van der Waals surface area contributed by atoms with E-state index < -0.39 is 0 Å². The largest absolute Gasteiger partial charge is 0.324 e. The Balaban J connectivity index is 1.38. The van der Waals surface area contributed by atoms with Crippen LogP contribution >= 0.6 is 0 Å². The number of nitrogens with zero attached hydrogens (tertiary/aromatic N) is 3. The third-order valence-corrected chi connectivity index (χ3v) is 5.39. The molecule has 0 unspecified atom stereocenters. The number of likely N-dealkylation sites (N-methyl/N-ethyl adjacent to an activating group) is 1. The smallest absolute Gasteiger partial charge is 0.241 e. The number of carbonyl (C=O) groups is 1. The van der Waals surface area contributed by atoms with Crippen LogP contribution in [0.2, 0.25) is 0 Å². The topological polar surface area (TPSA) is 50.2 Å². The summed E-state index contributed by atoms with van der Waals surface area (Å²) in [4.78, 5) is 14.9. The van der Waals surface area contributed by atoms with Gasteiger partial charge >= 0.3 is 0 Å². The van der Waals surface area contributed by atoms with Gasteiger partial charge in [-0.3, -0.25) is 14.4 Å². The van der Waals surface area contributed by atoms with Crippen molar-refractivity contribution in [1.82, 2.24) is 14.7 Å². The molecule has 1 heterocycles. The Bertz CT molecular complexity index is 1130. The van der Waals surface area contributed by atoms with Gasteiger partial charge < -0.3 is 5.32 Å². The highest BCUT2D eigenvalue weighted by molar-refractivity contribution is 6.03. The Hall–Kier alpha value is -3.44. The van der Waals surface area contributed by atoms with Crippen molar-refractivity contribution in [1.29, 1.82) is 0 Å². The summed E-state index contributed by atoms with van der Waals surface area (Å²) in [5.74, 6) is -0.0227. The lowest BCUT2D eigenvalue weighted by Crippen LogP contribution is -2.39. The molecule has 1 atom stereocenters. The summed E-state index contributed by atoms with van der Waals surface area (Å²) < 4.78 is 1.93.